The van der Waals surface area contributed by atoms with Gasteiger partial charge in [0.05, 0.1) is 31.8 Å². The Hall–Kier alpha value is -1.06. The number of halogens is 4. The third-order valence-electron chi connectivity index (χ3n) is 6.68. The molecule has 1 saturated heterocycles. The maximum Gasteiger partial charge on any atom is 0.233 e. The van der Waals surface area contributed by atoms with Crippen molar-refractivity contribution in [2.24, 2.45) is 0 Å². The third kappa shape index (κ3) is 7.73. The number of rotatable bonds is 9. The van der Waals surface area contributed by atoms with E-state index < -0.39 is 15.4 Å². The van der Waals surface area contributed by atoms with Crippen LogP contribution >= 0.6 is 46.4 Å². The van der Waals surface area contributed by atoms with Gasteiger partial charge < -0.3 is 9.80 Å². The summed E-state index contributed by atoms with van der Waals surface area (Å²) in [5.41, 5.74) is 0.801. The normalized spacial score (nSPS) is 17.1. The Morgan fingerprint density at radius 2 is 1.61 bits per heavy atom. The summed E-state index contributed by atoms with van der Waals surface area (Å²) in [6, 6.07) is 10.6. The molecule has 2 aromatic rings. The molecule has 1 N–H and O–H groups in total. The van der Waals surface area contributed by atoms with Gasteiger partial charge in [-0.25, -0.2) is 13.1 Å². The number of sulfonamides is 1. The molecule has 198 valence electrons. The van der Waals surface area contributed by atoms with Crippen LogP contribution in [0.2, 0.25) is 20.1 Å². The number of benzene rings is 2. The van der Waals surface area contributed by atoms with E-state index in [0.29, 0.717) is 39.6 Å². The van der Waals surface area contributed by atoms with Crippen LogP contribution in [0.3, 0.4) is 0 Å². The number of carbonyl (C=O) groups is 1. The molecular formula is C25H31Cl4N3O3S. The second-order valence-electron chi connectivity index (χ2n) is 9.63. The van der Waals surface area contributed by atoms with Gasteiger partial charge in [-0.2, -0.15) is 0 Å². The number of piperidine rings is 1. The molecule has 1 aliphatic rings. The molecule has 0 spiro atoms. The number of likely N-dealkylation sites (tertiary alicyclic amines) is 1. The van der Waals surface area contributed by atoms with Crippen molar-refractivity contribution in [3.8, 4) is 0 Å². The lowest BCUT2D eigenvalue weighted by Crippen LogP contribution is -2.48. The van der Waals surface area contributed by atoms with Gasteiger partial charge >= 0.3 is 0 Å². The van der Waals surface area contributed by atoms with Crippen molar-refractivity contribution in [2.75, 3.05) is 32.9 Å². The van der Waals surface area contributed by atoms with E-state index in [-0.39, 0.29) is 11.9 Å². The zero-order valence-corrected chi connectivity index (χ0v) is 24.4. The van der Waals surface area contributed by atoms with Crippen LogP contribution in [0, 0.1) is 0 Å². The standard InChI is InChI=1S/C25H31Cl4N3O3S/c1-25(18-5-7-21(27)23(29)15-18,10-13-32-11-8-19(9-12-32)30-36(3,34)35)24(33)31(2)16-17-4-6-20(26)22(28)14-17/h4-7,14-15,19,30H,8-13,16H2,1-3H3. The number of hydrogen-bond donors (Lipinski definition) is 1. The van der Waals surface area contributed by atoms with Gasteiger partial charge in [-0.1, -0.05) is 58.5 Å². The van der Waals surface area contributed by atoms with Crippen LogP contribution in [0.25, 0.3) is 0 Å². The minimum Gasteiger partial charge on any atom is -0.341 e. The quantitative estimate of drug-likeness (QED) is 0.409. The van der Waals surface area contributed by atoms with E-state index in [9.17, 15) is 13.2 Å². The lowest BCUT2D eigenvalue weighted by molar-refractivity contribution is -0.136. The third-order valence-corrected chi connectivity index (χ3v) is 8.92. The van der Waals surface area contributed by atoms with E-state index in [0.717, 1.165) is 37.1 Å². The number of nitrogens with zero attached hydrogens (tertiary/aromatic N) is 2. The predicted molar refractivity (Wildman–Crippen MR) is 149 cm³/mol. The molecule has 2 aromatic carbocycles. The summed E-state index contributed by atoms with van der Waals surface area (Å²) in [6.07, 6.45) is 3.19. The van der Waals surface area contributed by atoms with Crippen molar-refractivity contribution < 1.29 is 13.2 Å². The molecule has 3 rings (SSSR count). The molecule has 0 saturated carbocycles. The van der Waals surface area contributed by atoms with Gasteiger partial charge in [0.25, 0.3) is 0 Å². The van der Waals surface area contributed by atoms with Crippen LogP contribution in [0.15, 0.2) is 36.4 Å². The zero-order chi connectivity index (χ0) is 26.7. The Labute approximate surface area is 233 Å². The van der Waals surface area contributed by atoms with Crippen LogP contribution in [0.5, 0.6) is 0 Å². The van der Waals surface area contributed by atoms with Crippen LogP contribution < -0.4 is 4.72 Å². The van der Waals surface area contributed by atoms with Crippen molar-refractivity contribution in [1.82, 2.24) is 14.5 Å². The first kappa shape index (κ1) is 29.5. The minimum absolute atomic E-state index is 0.0550. The number of amides is 1. The van der Waals surface area contributed by atoms with Crippen LogP contribution in [0.1, 0.15) is 37.3 Å². The van der Waals surface area contributed by atoms with Gasteiger partial charge in [0, 0.05) is 19.6 Å². The summed E-state index contributed by atoms with van der Waals surface area (Å²) in [4.78, 5) is 17.8. The van der Waals surface area contributed by atoms with Crippen LogP contribution in [-0.2, 0) is 26.8 Å². The van der Waals surface area contributed by atoms with Crippen LogP contribution in [0.4, 0.5) is 0 Å². The molecule has 11 heteroatoms. The van der Waals surface area contributed by atoms with Crippen molar-refractivity contribution in [2.45, 2.75) is 44.2 Å². The van der Waals surface area contributed by atoms with Crippen molar-refractivity contribution >= 4 is 62.3 Å². The smallest absolute Gasteiger partial charge is 0.233 e. The van der Waals surface area contributed by atoms with Crippen molar-refractivity contribution in [1.29, 1.82) is 0 Å². The van der Waals surface area contributed by atoms with E-state index in [1.165, 1.54) is 6.26 Å². The van der Waals surface area contributed by atoms with E-state index in [1.54, 1.807) is 36.2 Å². The number of hydrogen-bond acceptors (Lipinski definition) is 4. The zero-order valence-electron chi connectivity index (χ0n) is 20.5. The largest absolute Gasteiger partial charge is 0.341 e. The Bertz CT molecular complexity index is 1200. The van der Waals surface area contributed by atoms with Crippen LogP contribution in [-0.4, -0.2) is 63.1 Å². The molecule has 1 unspecified atom stereocenters. The Balaban J connectivity index is 1.77. The van der Waals surface area contributed by atoms with Gasteiger partial charge in [0.15, 0.2) is 0 Å². The van der Waals surface area contributed by atoms with Gasteiger partial charge in [0.1, 0.15) is 0 Å². The van der Waals surface area contributed by atoms with Crippen molar-refractivity contribution in [3.05, 3.63) is 67.6 Å². The molecule has 36 heavy (non-hydrogen) atoms. The average molecular weight is 595 g/mol. The number of carbonyl (C=O) groups excluding carboxylic acids is 1. The highest BCUT2D eigenvalue weighted by molar-refractivity contribution is 7.88. The molecule has 1 atom stereocenters. The fraction of sp³-hybridized carbons (Fsp3) is 0.480. The summed E-state index contributed by atoms with van der Waals surface area (Å²) < 4.78 is 25.8. The summed E-state index contributed by atoms with van der Waals surface area (Å²) >= 11 is 24.7. The lowest BCUT2D eigenvalue weighted by atomic mass is 9.77. The van der Waals surface area contributed by atoms with E-state index in [4.69, 9.17) is 46.4 Å². The highest BCUT2D eigenvalue weighted by atomic mass is 35.5. The van der Waals surface area contributed by atoms with Gasteiger partial charge in [-0.05, 0) is 81.2 Å². The van der Waals surface area contributed by atoms with Gasteiger partial charge in [-0.15, -0.1) is 0 Å². The average Bonchev–Trinajstić information content (AvgIpc) is 2.81. The fourth-order valence-electron chi connectivity index (χ4n) is 4.58. The van der Waals surface area contributed by atoms with E-state index in [1.807, 2.05) is 19.1 Å². The Morgan fingerprint density at radius 3 is 2.17 bits per heavy atom. The molecule has 1 amide bonds. The molecule has 0 bridgehead atoms. The maximum absolute atomic E-state index is 13.9. The highest BCUT2D eigenvalue weighted by Gasteiger charge is 2.38. The first-order valence-corrected chi connectivity index (χ1v) is 15.0. The maximum atomic E-state index is 13.9. The minimum atomic E-state index is -3.23. The first-order chi connectivity index (χ1) is 16.8. The highest BCUT2D eigenvalue weighted by Crippen LogP contribution is 2.35. The second kappa shape index (κ2) is 12.2. The number of nitrogens with one attached hydrogen (secondary N) is 1. The van der Waals surface area contributed by atoms with Gasteiger partial charge in [-0.3, -0.25) is 4.79 Å². The molecule has 6 nitrogen and oxygen atoms in total. The Kier molecular flexibility index (Phi) is 10.00. The fourth-order valence-corrected chi connectivity index (χ4v) is 6.04. The molecule has 0 radical (unpaired) electrons. The second-order valence-corrected chi connectivity index (χ2v) is 13.0. The lowest BCUT2D eigenvalue weighted by Gasteiger charge is -2.37. The molecular weight excluding hydrogens is 564 g/mol. The van der Waals surface area contributed by atoms with Gasteiger partial charge in [0.2, 0.25) is 15.9 Å². The summed E-state index contributed by atoms with van der Waals surface area (Å²) in [5.74, 6) is -0.0550. The summed E-state index contributed by atoms with van der Waals surface area (Å²) in [6.45, 7) is 4.47. The number of likely N-dealkylation sites (N-methyl/N-ethyl adjacent to an activating group) is 1. The molecule has 0 aromatic heterocycles. The summed E-state index contributed by atoms with van der Waals surface area (Å²) in [5, 5.41) is 1.73. The molecule has 0 aliphatic carbocycles. The Morgan fingerprint density at radius 1 is 1.03 bits per heavy atom. The van der Waals surface area contributed by atoms with Crippen molar-refractivity contribution in [3.63, 3.8) is 0 Å². The van der Waals surface area contributed by atoms with E-state index in [2.05, 4.69) is 9.62 Å². The van der Waals surface area contributed by atoms with E-state index >= 15 is 0 Å². The molecule has 1 aliphatic heterocycles. The predicted octanol–water partition coefficient (Wildman–Crippen LogP) is 5.62. The summed E-state index contributed by atoms with van der Waals surface area (Å²) in [7, 11) is -1.46. The topological polar surface area (TPSA) is 69.7 Å². The molecule has 1 fully saturated rings. The first-order valence-electron chi connectivity index (χ1n) is 11.6. The molecule has 1 heterocycles. The monoisotopic (exact) mass is 593 g/mol. The SMILES string of the molecule is CN(Cc1ccc(Cl)c(Cl)c1)C(=O)C(C)(CCN1CCC(NS(C)(=O)=O)CC1)c1ccc(Cl)c(Cl)c1.